The van der Waals surface area contributed by atoms with E-state index in [0.717, 1.165) is 10.9 Å². The van der Waals surface area contributed by atoms with Crippen LogP contribution in [-0.4, -0.2) is 0 Å². The van der Waals surface area contributed by atoms with Gasteiger partial charge < -0.3 is 0 Å². The Balaban J connectivity index is 3.60. The molecule has 0 bridgehead atoms. The summed E-state index contributed by atoms with van der Waals surface area (Å²) in [5.41, 5.74) is 0.834. The second-order valence-corrected chi connectivity index (χ2v) is 4.38. The molecule has 1 unspecified atom stereocenters. The zero-order chi connectivity index (χ0) is 9.46. The molecule has 0 nitrogen and oxygen atoms in total. The SMILES string of the molecule is Cc1c(P)c(Cl)c(Cl)c(Cl)c1Cl. The van der Waals surface area contributed by atoms with Crippen LogP contribution in [0.15, 0.2) is 0 Å². The van der Waals surface area contributed by atoms with Gasteiger partial charge in [-0.25, -0.2) is 0 Å². The molecule has 12 heavy (non-hydrogen) atoms. The van der Waals surface area contributed by atoms with E-state index in [1.165, 1.54) is 0 Å². The highest BCUT2D eigenvalue weighted by Crippen LogP contribution is 2.37. The van der Waals surface area contributed by atoms with Gasteiger partial charge in [-0.15, -0.1) is 9.24 Å². The Kier molecular flexibility index (Phi) is 3.54. The van der Waals surface area contributed by atoms with Crippen LogP contribution in [0.25, 0.3) is 0 Å². The quantitative estimate of drug-likeness (QED) is 0.375. The smallest absolute Gasteiger partial charge is 0.0800 e. The third kappa shape index (κ3) is 1.69. The summed E-state index contributed by atoms with van der Waals surface area (Å²) in [6, 6.07) is 0. The molecule has 0 aromatic heterocycles. The van der Waals surface area contributed by atoms with Crippen LogP contribution in [0.5, 0.6) is 0 Å². The largest absolute Gasteiger partial charge is 0.104 e. The van der Waals surface area contributed by atoms with Crippen molar-refractivity contribution in [3.05, 3.63) is 25.7 Å². The number of benzene rings is 1. The van der Waals surface area contributed by atoms with Gasteiger partial charge in [0, 0.05) is 0 Å². The van der Waals surface area contributed by atoms with E-state index < -0.39 is 0 Å². The molecule has 0 fully saturated rings. The van der Waals surface area contributed by atoms with Crippen LogP contribution in [0.3, 0.4) is 0 Å². The Labute approximate surface area is 93.3 Å². The number of hydrogen-bond donors (Lipinski definition) is 0. The van der Waals surface area contributed by atoms with E-state index in [2.05, 4.69) is 9.24 Å². The average molecular weight is 262 g/mol. The molecule has 1 rings (SSSR count). The normalized spacial score (nSPS) is 10.5. The highest BCUT2D eigenvalue weighted by atomic mass is 35.5. The summed E-state index contributed by atoms with van der Waals surface area (Å²) in [4.78, 5) is 0. The van der Waals surface area contributed by atoms with Crippen LogP contribution in [0.4, 0.5) is 0 Å². The molecule has 5 heteroatoms. The first-order valence-corrected chi connectivity index (χ1v) is 5.13. The zero-order valence-corrected chi connectivity index (χ0v) is 10.3. The maximum atomic E-state index is 5.87. The monoisotopic (exact) mass is 260 g/mol. The van der Waals surface area contributed by atoms with Crippen LogP contribution in [-0.2, 0) is 0 Å². The lowest BCUT2D eigenvalue weighted by atomic mass is 10.2. The van der Waals surface area contributed by atoms with Gasteiger partial charge in [0.25, 0.3) is 0 Å². The topological polar surface area (TPSA) is 0 Å². The van der Waals surface area contributed by atoms with Gasteiger partial charge in [-0.05, 0) is 17.8 Å². The van der Waals surface area contributed by atoms with Crippen molar-refractivity contribution in [1.82, 2.24) is 0 Å². The molecule has 0 aliphatic heterocycles. The van der Waals surface area contributed by atoms with Crippen LogP contribution >= 0.6 is 55.6 Å². The minimum absolute atomic E-state index is 0.305. The van der Waals surface area contributed by atoms with Gasteiger partial charge in [0.2, 0.25) is 0 Å². The summed E-state index contributed by atoms with van der Waals surface area (Å²) in [5.74, 6) is 0. The molecular formula is C7H5Cl4P. The van der Waals surface area contributed by atoms with Gasteiger partial charge in [0.05, 0.1) is 20.1 Å². The molecule has 0 aliphatic rings. The van der Waals surface area contributed by atoms with Crippen molar-refractivity contribution >= 4 is 60.9 Å². The maximum absolute atomic E-state index is 5.87. The van der Waals surface area contributed by atoms with E-state index in [4.69, 9.17) is 46.4 Å². The number of hydrogen-bond acceptors (Lipinski definition) is 0. The van der Waals surface area contributed by atoms with Crippen LogP contribution in [0.1, 0.15) is 5.56 Å². The fourth-order valence-electron chi connectivity index (χ4n) is 0.758. The lowest BCUT2D eigenvalue weighted by Gasteiger charge is -2.09. The van der Waals surface area contributed by atoms with Crippen molar-refractivity contribution in [2.24, 2.45) is 0 Å². The fraction of sp³-hybridized carbons (Fsp3) is 0.143. The highest BCUT2D eigenvalue weighted by Gasteiger charge is 2.14. The minimum Gasteiger partial charge on any atom is -0.104 e. The Bertz CT molecular complexity index is 230. The van der Waals surface area contributed by atoms with E-state index in [-0.39, 0.29) is 0 Å². The van der Waals surface area contributed by atoms with E-state index >= 15 is 0 Å². The van der Waals surface area contributed by atoms with Gasteiger partial charge >= 0.3 is 0 Å². The Morgan fingerprint density at radius 1 is 0.833 bits per heavy atom. The number of rotatable bonds is 0. The molecule has 0 amide bonds. The third-order valence-electron chi connectivity index (χ3n) is 1.55. The third-order valence-corrected chi connectivity index (χ3v) is 4.36. The highest BCUT2D eigenvalue weighted by molar-refractivity contribution is 7.28. The van der Waals surface area contributed by atoms with Crippen molar-refractivity contribution in [2.75, 3.05) is 0 Å². The second kappa shape index (κ2) is 3.90. The summed E-state index contributed by atoms with van der Waals surface area (Å²) in [5, 5.41) is 2.30. The van der Waals surface area contributed by atoms with Gasteiger partial charge in [-0.3, -0.25) is 0 Å². The first-order chi connectivity index (χ1) is 5.46. The predicted octanol–water partition coefficient (Wildman–Crippen LogP) is 4.11. The van der Waals surface area contributed by atoms with Crippen LogP contribution in [0, 0.1) is 6.92 Å². The fourth-order valence-corrected chi connectivity index (χ4v) is 2.19. The minimum atomic E-state index is 0.305. The Morgan fingerprint density at radius 3 is 1.75 bits per heavy atom. The summed E-state index contributed by atoms with van der Waals surface area (Å²) >= 11 is 23.3. The summed E-state index contributed by atoms with van der Waals surface area (Å²) < 4.78 is 0. The van der Waals surface area contributed by atoms with Crippen molar-refractivity contribution in [1.29, 1.82) is 0 Å². The molecule has 66 valence electrons. The molecule has 1 aromatic rings. The van der Waals surface area contributed by atoms with Crippen molar-refractivity contribution in [3.63, 3.8) is 0 Å². The first-order valence-electron chi connectivity index (χ1n) is 3.04. The Hall–Kier alpha value is 0.810. The van der Waals surface area contributed by atoms with E-state index in [9.17, 15) is 0 Å². The number of halogens is 4. The lowest BCUT2D eigenvalue weighted by Crippen LogP contribution is -2.01. The summed E-state index contributed by atoms with van der Waals surface area (Å²) in [6.45, 7) is 1.83. The van der Waals surface area contributed by atoms with E-state index in [0.29, 0.717) is 20.1 Å². The van der Waals surface area contributed by atoms with Crippen molar-refractivity contribution in [3.8, 4) is 0 Å². The second-order valence-electron chi connectivity index (χ2n) is 2.29. The van der Waals surface area contributed by atoms with Gasteiger partial charge in [-0.1, -0.05) is 46.4 Å². The summed E-state index contributed by atoms with van der Waals surface area (Å²) in [6.07, 6.45) is 0. The van der Waals surface area contributed by atoms with Crippen molar-refractivity contribution in [2.45, 2.75) is 6.92 Å². The molecule has 0 N–H and O–H groups in total. The lowest BCUT2D eigenvalue weighted by molar-refractivity contribution is 1.52. The van der Waals surface area contributed by atoms with Crippen molar-refractivity contribution < 1.29 is 0 Å². The van der Waals surface area contributed by atoms with Crippen LogP contribution in [0.2, 0.25) is 20.1 Å². The average Bonchev–Trinajstić information content (AvgIpc) is 2.08. The molecule has 1 atom stereocenters. The molecular weight excluding hydrogens is 257 g/mol. The van der Waals surface area contributed by atoms with E-state index in [1.54, 1.807) is 0 Å². The molecule has 0 heterocycles. The molecule has 1 aromatic carbocycles. The summed E-state index contributed by atoms with van der Waals surface area (Å²) in [7, 11) is 2.48. The maximum Gasteiger partial charge on any atom is 0.0800 e. The zero-order valence-electron chi connectivity index (χ0n) is 6.09. The van der Waals surface area contributed by atoms with Crippen LogP contribution < -0.4 is 5.30 Å². The van der Waals surface area contributed by atoms with Gasteiger partial charge in [0.15, 0.2) is 0 Å². The molecule has 0 radical (unpaired) electrons. The first kappa shape index (κ1) is 10.9. The molecule has 0 aliphatic carbocycles. The standard InChI is InChI=1S/C7H5Cl4P/c1-2-3(8)4(9)5(10)6(11)7(2)12/h12H2,1H3. The van der Waals surface area contributed by atoms with Gasteiger partial charge in [0.1, 0.15) is 0 Å². The Morgan fingerprint density at radius 2 is 1.25 bits per heavy atom. The van der Waals surface area contributed by atoms with E-state index in [1.807, 2.05) is 6.92 Å². The molecule has 0 saturated carbocycles. The molecule has 0 saturated heterocycles. The molecule has 0 spiro atoms. The van der Waals surface area contributed by atoms with Gasteiger partial charge in [-0.2, -0.15) is 0 Å². The predicted molar refractivity (Wildman–Crippen MR) is 60.6 cm³/mol.